The van der Waals surface area contributed by atoms with Gasteiger partial charge in [0.15, 0.2) is 0 Å². The Morgan fingerprint density at radius 1 is 1.19 bits per heavy atom. The second-order valence-corrected chi connectivity index (χ2v) is 4.85. The summed E-state index contributed by atoms with van der Waals surface area (Å²) in [6.45, 7) is 7.43. The van der Waals surface area contributed by atoms with E-state index in [4.69, 9.17) is 27.4 Å². The maximum Gasteiger partial charge on any atom is 0.147 e. The molecule has 1 aromatic carbocycles. The maximum atomic E-state index is 14.2. The highest BCUT2D eigenvalue weighted by atomic mass is 32.1. The van der Waals surface area contributed by atoms with E-state index in [0.717, 1.165) is 0 Å². The highest BCUT2D eigenvalue weighted by Crippen LogP contribution is 2.20. The predicted molar refractivity (Wildman–Crippen MR) is 87.5 cm³/mol. The van der Waals surface area contributed by atoms with E-state index in [0.29, 0.717) is 50.8 Å². The van der Waals surface area contributed by atoms with Crippen molar-refractivity contribution in [1.82, 2.24) is 0 Å². The molecule has 0 unspecified atom stereocenters. The van der Waals surface area contributed by atoms with Crippen molar-refractivity contribution in [3.63, 3.8) is 0 Å². The lowest BCUT2D eigenvalue weighted by atomic mass is 10.2. The quantitative estimate of drug-likeness (QED) is 0.530. The molecule has 0 heterocycles. The summed E-state index contributed by atoms with van der Waals surface area (Å²) >= 11 is 4.86. The highest BCUT2D eigenvalue weighted by molar-refractivity contribution is 7.80. The van der Waals surface area contributed by atoms with Gasteiger partial charge in [-0.2, -0.15) is 0 Å². The van der Waals surface area contributed by atoms with Crippen LogP contribution in [-0.4, -0.2) is 44.5 Å². The van der Waals surface area contributed by atoms with Gasteiger partial charge in [0.1, 0.15) is 10.8 Å². The van der Waals surface area contributed by atoms with E-state index in [2.05, 4.69) is 0 Å². The summed E-state index contributed by atoms with van der Waals surface area (Å²) in [7, 11) is 0. The molecule has 1 aromatic rings. The molecule has 0 aliphatic heterocycles. The van der Waals surface area contributed by atoms with Crippen molar-refractivity contribution in [3.8, 4) is 0 Å². The first-order valence-electron chi connectivity index (χ1n) is 7.09. The highest BCUT2D eigenvalue weighted by Gasteiger charge is 2.13. The van der Waals surface area contributed by atoms with Gasteiger partial charge in [-0.25, -0.2) is 4.39 Å². The molecule has 0 amide bonds. The molecule has 6 heteroatoms. The molecule has 0 spiro atoms. The molecular formula is C15H23FN2O2S. The summed E-state index contributed by atoms with van der Waals surface area (Å²) in [6.07, 6.45) is 0. The molecule has 0 aromatic heterocycles. The molecule has 0 radical (unpaired) electrons. The molecular weight excluding hydrogens is 291 g/mol. The molecule has 0 aliphatic rings. The second-order valence-electron chi connectivity index (χ2n) is 4.41. The van der Waals surface area contributed by atoms with E-state index in [9.17, 15) is 4.39 Å². The van der Waals surface area contributed by atoms with E-state index in [1.807, 2.05) is 18.7 Å². The minimum Gasteiger partial charge on any atom is -0.389 e. The third-order valence-electron chi connectivity index (χ3n) is 2.99. The molecule has 0 saturated carbocycles. The van der Waals surface area contributed by atoms with Crippen LogP contribution in [0.5, 0.6) is 0 Å². The van der Waals surface area contributed by atoms with Gasteiger partial charge >= 0.3 is 0 Å². The second kappa shape index (κ2) is 9.65. The fourth-order valence-electron chi connectivity index (χ4n) is 1.91. The maximum absolute atomic E-state index is 14.2. The number of nitrogens with two attached hydrogens (primary N) is 1. The minimum atomic E-state index is -0.340. The van der Waals surface area contributed by atoms with Gasteiger partial charge in [-0.15, -0.1) is 0 Å². The van der Waals surface area contributed by atoms with Gasteiger partial charge in [-0.3, -0.25) is 0 Å². The molecule has 0 aliphatic carbocycles. The number of benzene rings is 1. The number of hydrogen-bond donors (Lipinski definition) is 1. The zero-order valence-electron chi connectivity index (χ0n) is 12.6. The van der Waals surface area contributed by atoms with Gasteiger partial charge in [-0.1, -0.05) is 12.2 Å². The number of ether oxygens (including phenoxy) is 2. The Hall–Kier alpha value is -1.24. The first-order valence-corrected chi connectivity index (χ1v) is 7.50. The average molecular weight is 314 g/mol. The number of rotatable bonds is 10. The molecule has 1 rings (SSSR count). The Bertz CT molecular complexity index is 447. The van der Waals surface area contributed by atoms with Crippen LogP contribution in [0.25, 0.3) is 0 Å². The third-order valence-corrected chi connectivity index (χ3v) is 3.23. The summed E-state index contributed by atoms with van der Waals surface area (Å²) in [6, 6.07) is 4.79. The van der Waals surface area contributed by atoms with E-state index in [1.165, 1.54) is 6.07 Å². The number of nitrogens with zero attached hydrogens (tertiary/aromatic N) is 1. The molecule has 21 heavy (non-hydrogen) atoms. The summed E-state index contributed by atoms with van der Waals surface area (Å²) in [4.78, 5) is 2.10. The first-order chi connectivity index (χ1) is 10.1. The van der Waals surface area contributed by atoms with Gasteiger partial charge < -0.3 is 20.1 Å². The summed E-state index contributed by atoms with van der Waals surface area (Å²) in [5.41, 5.74) is 6.55. The van der Waals surface area contributed by atoms with Crippen molar-refractivity contribution in [2.24, 2.45) is 5.73 Å². The fraction of sp³-hybridized carbons (Fsp3) is 0.533. The average Bonchev–Trinajstić information content (AvgIpc) is 2.46. The summed E-state index contributed by atoms with van der Waals surface area (Å²) in [5, 5.41) is 0. The lowest BCUT2D eigenvalue weighted by molar-refractivity contribution is 0.141. The van der Waals surface area contributed by atoms with Gasteiger partial charge in [0.25, 0.3) is 0 Å². The topological polar surface area (TPSA) is 47.7 Å². The van der Waals surface area contributed by atoms with Gasteiger partial charge in [-0.05, 0) is 32.0 Å². The predicted octanol–water partition coefficient (Wildman–Crippen LogP) is 2.34. The van der Waals surface area contributed by atoms with E-state index < -0.39 is 0 Å². The molecule has 4 nitrogen and oxygen atoms in total. The molecule has 0 saturated heterocycles. The van der Waals surface area contributed by atoms with Crippen molar-refractivity contribution < 1.29 is 13.9 Å². The molecule has 0 fully saturated rings. The summed E-state index contributed by atoms with van der Waals surface area (Å²) in [5.74, 6) is -0.340. The van der Waals surface area contributed by atoms with Crippen LogP contribution in [0.4, 0.5) is 10.1 Å². The van der Waals surface area contributed by atoms with Crippen molar-refractivity contribution >= 4 is 22.9 Å². The van der Waals surface area contributed by atoms with Crippen LogP contribution in [0.2, 0.25) is 0 Å². The van der Waals surface area contributed by atoms with Crippen molar-refractivity contribution in [2.45, 2.75) is 13.8 Å². The number of thiocarbonyl (C=S) groups is 1. The number of hydrogen-bond acceptors (Lipinski definition) is 4. The van der Waals surface area contributed by atoms with Crippen molar-refractivity contribution in [1.29, 1.82) is 0 Å². The Labute approximate surface area is 131 Å². The smallest absolute Gasteiger partial charge is 0.147 e. The zero-order valence-corrected chi connectivity index (χ0v) is 13.4. The Kier molecular flexibility index (Phi) is 8.19. The molecule has 118 valence electrons. The molecule has 0 bridgehead atoms. The van der Waals surface area contributed by atoms with E-state index >= 15 is 0 Å². The van der Waals surface area contributed by atoms with Crippen LogP contribution < -0.4 is 10.6 Å². The lowest BCUT2D eigenvalue weighted by Gasteiger charge is -2.25. The Morgan fingerprint density at radius 2 is 1.76 bits per heavy atom. The Morgan fingerprint density at radius 3 is 2.19 bits per heavy atom. The van der Waals surface area contributed by atoms with Crippen molar-refractivity contribution in [3.05, 3.63) is 29.6 Å². The molecule has 0 atom stereocenters. The number of halogens is 1. The SMILES string of the molecule is CCOCCN(CCOCC)c1ccc(C(N)=S)cc1F. The largest absolute Gasteiger partial charge is 0.389 e. The van der Waals surface area contributed by atoms with Gasteiger partial charge in [0.05, 0.1) is 18.9 Å². The zero-order chi connectivity index (χ0) is 15.7. The Balaban J connectivity index is 2.82. The van der Waals surface area contributed by atoms with E-state index in [1.54, 1.807) is 12.1 Å². The van der Waals surface area contributed by atoms with Crippen molar-refractivity contribution in [2.75, 3.05) is 44.4 Å². The first kappa shape index (κ1) is 17.8. The van der Waals surface area contributed by atoms with Crippen LogP contribution in [0, 0.1) is 5.82 Å². The van der Waals surface area contributed by atoms with Crippen LogP contribution in [0.15, 0.2) is 18.2 Å². The summed E-state index contributed by atoms with van der Waals surface area (Å²) < 4.78 is 24.9. The monoisotopic (exact) mass is 314 g/mol. The van der Waals surface area contributed by atoms with Crippen LogP contribution in [0.1, 0.15) is 19.4 Å². The van der Waals surface area contributed by atoms with Gasteiger partial charge in [0, 0.05) is 31.9 Å². The lowest BCUT2D eigenvalue weighted by Crippen LogP contribution is -2.32. The molecule has 2 N–H and O–H groups in total. The van der Waals surface area contributed by atoms with E-state index in [-0.39, 0.29) is 10.8 Å². The standard InChI is InChI=1S/C15H23FN2O2S/c1-3-19-9-7-18(8-10-20-4-2)14-6-5-12(15(17)21)11-13(14)16/h5-6,11H,3-4,7-10H2,1-2H3,(H2,17,21). The van der Waals surface area contributed by atoms with Crippen LogP contribution in [-0.2, 0) is 9.47 Å². The van der Waals surface area contributed by atoms with Crippen LogP contribution in [0.3, 0.4) is 0 Å². The number of anilines is 1. The minimum absolute atomic E-state index is 0.190. The fourth-order valence-corrected chi connectivity index (χ4v) is 2.03. The normalized spacial score (nSPS) is 10.6. The third kappa shape index (κ3) is 5.95. The van der Waals surface area contributed by atoms with Crippen LogP contribution >= 0.6 is 12.2 Å². The van der Waals surface area contributed by atoms with Gasteiger partial charge in [0.2, 0.25) is 0 Å².